The number of hydrogen-bond acceptors (Lipinski definition) is 5. The topological polar surface area (TPSA) is 51.0 Å². The monoisotopic (exact) mass is 257 g/mol. The molecule has 0 aromatic carbocycles. The Kier molecular flexibility index (Phi) is 6.58. The van der Waals surface area contributed by atoms with E-state index in [0.29, 0.717) is 11.3 Å². The minimum atomic E-state index is 0.538. The molecule has 1 aromatic heterocycles. The molecular formula is C12H23N3OS. The van der Waals surface area contributed by atoms with Crippen LogP contribution in [0.4, 0.5) is 0 Å². The maximum Gasteiger partial charge on any atom is 0.226 e. The molecule has 1 N–H and O–H groups in total. The standard InChI is InChI=1S/C12H23N3OS/c1-9(2)13-7-5-6-12-14-11(15-16-12)8-17-10(3)4/h9-10,13H,5-8H2,1-4H3. The highest BCUT2D eigenvalue weighted by atomic mass is 32.2. The van der Waals surface area contributed by atoms with Gasteiger partial charge in [0.2, 0.25) is 5.89 Å². The summed E-state index contributed by atoms with van der Waals surface area (Å²) in [6.07, 6.45) is 1.90. The van der Waals surface area contributed by atoms with Crippen LogP contribution in [0.5, 0.6) is 0 Å². The fraction of sp³-hybridized carbons (Fsp3) is 0.833. The second kappa shape index (κ2) is 7.71. The van der Waals surface area contributed by atoms with E-state index in [1.54, 1.807) is 0 Å². The molecule has 1 heterocycles. The average molecular weight is 257 g/mol. The van der Waals surface area contributed by atoms with E-state index in [1.807, 2.05) is 11.8 Å². The quantitative estimate of drug-likeness (QED) is 0.726. The van der Waals surface area contributed by atoms with Crippen LogP contribution in [0, 0.1) is 0 Å². The van der Waals surface area contributed by atoms with E-state index >= 15 is 0 Å². The molecule has 0 amide bonds. The van der Waals surface area contributed by atoms with Gasteiger partial charge in [-0.15, -0.1) is 0 Å². The first-order chi connectivity index (χ1) is 8.08. The van der Waals surface area contributed by atoms with Gasteiger partial charge in [0.05, 0.1) is 5.75 Å². The molecule has 0 aliphatic heterocycles. The van der Waals surface area contributed by atoms with E-state index in [9.17, 15) is 0 Å². The number of thioether (sulfide) groups is 1. The molecule has 1 rings (SSSR count). The molecule has 0 radical (unpaired) electrons. The first-order valence-electron chi connectivity index (χ1n) is 6.24. The van der Waals surface area contributed by atoms with Crippen molar-refractivity contribution in [3.8, 4) is 0 Å². The summed E-state index contributed by atoms with van der Waals surface area (Å²) in [7, 11) is 0. The third-order valence-electron chi connectivity index (χ3n) is 2.18. The highest BCUT2D eigenvalue weighted by Gasteiger charge is 2.07. The molecule has 1 aromatic rings. The van der Waals surface area contributed by atoms with Crippen LogP contribution >= 0.6 is 11.8 Å². The molecule has 0 bridgehead atoms. The molecule has 0 spiro atoms. The van der Waals surface area contributed by atoms with Crippen molar-refractivity contribution in [2.45, 2.75) is 57.6 Å². The van der Waals surface area contributed by atoms with Crippen molar-refractivity contribution < 1.29 is 4.52 Å². The molecule has 98 valence electrons. The van der Waals surface area contributed by atoms with Crippen molar-refractivity contribution in [2.24, 2.45) is 0 Å². The highest BCUT2D eigenvalue weighted by Crippen LogP contribution is 2.15. The van der Waals surface area contributed by atoms with Gasteiger partial charge < -0.3 is 9.84 Å². The van der Waals surface area contributed by atoms with Gasteiger partial charge in [-0.2, -0.15) is 16.7 Å². The van der Waals surface area contributed by atoms with E-state index in [-0.39, 0.29) is 0 Å². The van der Waals surface area contributed by atoms with Crippen molar-refractivity contribution in [3.05, 3.63) is 11.7 Å². The Bertz CT molecular complexity index is 312. The fourth-order valence-corrected chi connectivity index (χ4v) is 1.92. The minimum absolute atomic E-state index is 0.538. The van der Waals surface area contributed by atoms with Crippen LogP contribution in [0.15, 0.2) is 4.52 Å². The molecule has 0 saturated carbocycles. The maximum absolute atomic E-state index is 5.20. The largest absolute Gasteiger partial charge is 0.339 e. The zero-order valence-corrected chi connectivity index (χ0v) is 12.0. The summed E-state index contributed by atoms with van der Waals surface area (Å²) >= 11 is 1.83. The van der Waals surface area contributed by atoms with Crippen molar-refractivity contribution in [1.82, 2.24) is 15.5 Å². The van der Waals surface area contributed by atoms with Gasteiger partial charge >= 0.3 is 0 Å². The normalized spacial score (nSPS) is 11.6. The van der Waals surface area contributed by atoms with Crippen molar-refractivity contribution >= 4 is 11.8 Å². The second-order valence-corrected chi connectivity index (χ2v) is 6.24. The van der Waals surface area contributed by atoms with Crippen molar-refractivity contribution in [1.29, 1.82) is 0 Å². The predicted molar refractivity (Wildman–Crippen MR) is 72.2 cm³/mol. The SMILES string of the molecule is CC(C)NCCCc1nc(CSC(C)C)no1. The Labute approximate surface area is 108 Å². The Morgan fingerprint density at radius 1 is 1.29 bits per heavy atom. The summed E-state index contributed by atoms with van der Waals surface area (Å²) in [5.41, 5.74) is 0. The van der Waals surface area contributed by atoms with Gasteiger partial charge in [0.1, 0.15) is 0 Å². The fourth-order valence-electron chi connectivity index (χ4n) is 1.32. The van der Waals surface area contributed by atoms with Gasteiger partial charge in [-0.3, -0.25) is 0 Å². The second-order valence-electron chi connectivity index (χ2n) is 4.68. The van der Waals surface area contributed by atoms with Gasteiger partial charge in [-0.25, -0.2) is 0 Å². The molecule has 0 fully saturated rings. The summed E-state index contributed by atoms with van der Waals surface area (Å²) in [5.74, 6) is 2.41. The smallest absolute Gasteiger partial charge is 0.226 e. The zero-order valence-electron chi connectivity index (χ0n) is 11.2. The Hall–Kier alpha value is -0.550. The Balaban J connectivity index is 2.21. The number of hydrogen-bond donors (Lipinski definition) is 1. The molecule has 5 heteroatoms. The molecule has 0 aliphatic rings. The van der Waals surface area contributed by atoms with Gasteiger partial charge in [0.15, 0.2) is 5.82 Å². The summed E-state index contributed by atoms with van der Waals surface area (Å²) < 4.78 is 5.20. The number of aromatic nitrogens is 2. The molecular weight excluding hydrogens is 234 g/mol. The Morgan fingerprint density at radius 3 is 2.71 bits per heavy atom. The van der Waals surface area contributed by atoms with Crippen LogP contribution in [0.25, 0.3) is 0 Å². The molecule has 0 atom stereocenters. The lowest BCUT2D eigenvalue weighted by Crippen LogP contribution is -2.23. The number of nitrogens with one attached hydrogen (secondary N) is 1. The lowest BCUT2D eigenvalue weighted by Gasteiger charge is -2.05. The van der Waals surface area contributed by atoms with Gasteiger partial charge in [-0.05, 0) is 18.2 Å². The van der Waals surface area contributed by atoms with Crippen LogP contribution in [0.2, 0.25) is 0 Å². The number of nitrogens with zero attached hydrogens (tertiary/aromatic N) is 2. The third kappa shape index (κ3) is 6.68. The van der Waals surface area contributed by atoms with Crippen LogP contribution < -0.4 is 5.32 Å². The first kappa shape index (κ1) is 14.5. The van der Waals surface area contributed by atoms with E-state index in [0.717, 1.165) is 36.9 Å². The highest BCUT2D eigenvalue weighted by molar-refractivity contribution is 7.99. The minimum Gasteiger partial charge on any atom is -0.339 e. The van der Waals surface area contributed by atoms with Gasteiger partial charge in [0, 0.05) is 12.5 Å². The molecule has 4 nitrogen and oxygen atoms in total. The average Bonchev–Trinajstić information content (AvgIpc) is 2.69. The lowest BCUT2D eigenvalue weighted by molar-refractivity contribution is 0.370. The first-order valence-corrected chi connectivity index (χ1v) is 7.29. The van der Waals surface area contributed by atoms with E-state index in [1.165, 1.54) is 0 Å². The number of rotatable bonds is 8. The molecule has 0 unspecified atom stereocenters. The van der Waals surface area contributed by atoms with Crippen LogP contribution in [-0.2, 0) is 12.2 Å². The van der Waals surface area contributed by atoms with E-state index in [4.69, 9.17) is 4.52 Å². The third-order valence-corrected chi connectivity index (χ3v) is 3.27. The van der Waals surface area contributed by atoms with Crippen LogP contribution in [0.3, 0.4) is 0 Å². The molecule has 17 heavy (non-hydrogen) atoms. The van der Waals surface area contributed by atoms with E-state index in [2.05, 4.69) is 43.2 Å². The van der Waals surface area contributed by atoms with Crippen molar-refractivity contribution in [2.75, 3.05) is 6.54 Å². The Morgan fingerprint density at radius 2 is 2.06 bits per heavy atom. The number of aryl methyl sites for hydroxylation is 1. The maximum atomic E-state index is 5.20. The summed E-state index contributed by atoms with van der Waals surface area (Å²) in [5, 5.41) is 7.95. The van der Waals surface area contributed by atoms with Crippen LogP contribution in [-0.4, -0.2) is 28.0 Å². The van der Waals surface area contributed by atoms with Gasteiger partial charge in [0.25, 0.3) is 0 Å². The lowest BCUT2D eigenvalue weighted by atomic mass is 10.3. The summed E-state index contributed by atoms with van der Waals surface area (Å²) in [6.45, 7) is 9.63. The molecule has 0 aliphatic carbocycles. The predicted octanol–water partition coefficient (Wildman–Crippen LogP) is 2.64. The summed E-state index contributed by atoms with van der Waals surface area (Å²) in [6, 6.07) is 0.538. The molecule has 0 saturated heterocycles. The van der Waals surface area contributed by atoms with Crippen molar-refractivity contribution in [3.63, 3.8) is 0 Å². The van der Waals surface area contributed by atoms with Gasteiger partial charge in [-0.1, -0.05) is 32.9 Å². The summed E-state index contributed by atoms with van der Waals surface area (Å²) in [4.78, 5) is 4.37. The van der Waals surface area contributed by atoms with E-state index < -0.39 is 0 Å². The zero-order chi connectivity index (χ0) is 12.7. The van der Waals surface area contributed by atoms with Crippen LogP contribution in [0.1, 0.15) is 45.8 Å².